The van der Waals surface area contributed by atoms with Crippen LogP contribution in [0.2, 0.25) is 0 Å². The fraction of sp³-hybridized carbons (Fsp3) is 0.667. The lowest BCUT2D eigenvalue weighted by Crippen LogP contribution is -2.42. The van der Waals surface area contributed by atoms with Gasteiger partial charge in [-0.25, -0.2) is 9.97 Å². The molecule has 1 aromatic heterocycles. The molecule has 0 atom stereocenters. The Morgan fingerprint density at radius 3 is 2.43 bits per heavy atom. The van der Waals surface area contributed by atoms with Gasteiger partial charge in [-0.1, -0.05) is 20.8 Å². The molecule has 116 valence electrons. The van der Waals surface area contributed by atoms with Crippen LogP contribution >= 0.6 is 15.9 Å². The number of nitrogens with zero attached hydrogens (tertiary/aromatic N) is 3. The Kier molecular flexibility index (Phi) is 5.19. The summed E-state index contributed by atoms with van der Waals surface area (Å²) in [4.78, 5) is 22.3. The van der Waals surface area contributed by atoms with Crippen molar-refractivity contribution in [3.8, 4) is 6.01 Å². The zero-order chi connectivity index (χ0) is 15.5. The van der Waals surface area contributed by atoms with E-state index < -0.39 is 0 Å². The number of carbonyl (C=O) groups is 1. The normalized spacial score (nSPS) is 16.9. The second kappa shape index (κ2) is 6.73. The number of hydrogen-bond acceptors (Lipinski definition) is 4. The number of carbonyl (C=O) groups excluding carboxylic acids is 1. The highest BCUT2D eigenvalue weighted by atomic mass is 79.9. The second-order valence-corrected chi connectivity index (χ2v) is 7.53. The third-order valence-corrected chi connectivity index (χ3v) is 3.75. The van der Waals surface area contributed by atoms with Gasteiger partial charge in [0.2, 0.25) is 5.91 Å². The zero-order valence-electron chi connectivity index (χ0n) is 12.8. The van der Waals surface area contributed by atoms with Crippen LogP contribution < -0.4 is 4.74 Å². The van der Waals surface area contributed by atoms with Crippen molar-refractivity contribution in [1.29, 1.82) is 0 Å². The van der Waals surface area contributed by atoms with E-state index in [2.05, 4.69) is 46.7 Å². The van der Waals surface area contributed by atoms with Crippen molar-refractivity contribution in [1.82, 2.24) is 14.9 Å². The largest absolute Gasteiger partial charge is 0.460 e. The van der Waals surface area contributed by atoms with Crippen LogP contribution in [0.1, 0.15) is 40.0 Å². The lowest BCUT2D eigenvalue weighted by molar-refractivity contribution is -0.134. The minimum Gasteiger partial charge on any atom is -0.460 e. The Bertz CT molecular complexity index is 477. The monoisotopic (exact) mass is 355 g/mol. The highest BCUT2D eigenvalue weighted by molar-refractivity contribution is 9.10. The van der Waals surface area contributed by atoms with Gasteiger partial charge < -0.3 is 9.64 Å². The van der Waals surface area contributed by atoms with Crippen molar-refractivity contribution >= 4 is 21.8 Å². The van der Waals surface area contributed by atoms with Crippen molar-refractivity contribution in [2.75, 3.05) is 13.1 Å². The molecule has 1 saturated heterocycles. The van der Waals surface area contributed by atoms with Crippen molar-refractivity contribution < 1.29 is 9.53 Å². The quantitative estimate of drug-likeness (QED) is 0.835. The van der Waals surface area contributed by atoms with Gasteiger partial charge in [0.1, 0.15) is 6.10 Å². The third-order valence-electron chi connectivity index (χ3n) is 3.34. The van der Waals surface area contributed by atoms with Gasteiger partial charge in [-0.15, -0.1) is 0 Å². The molecule has 6 heteroatoms. The molecule has 0 spiro atoms. The lowest BCUT2D eigenvalue weighted by Gasteiger charge is -2.33. The van der Waals surface area contributed by atoms with Gasteiger partial charge in [-0.3, -0.25) is 4.79 Å². The number of amides is 1. The van der Waals surface area contributed by atoms with Crippen LogP contribution in [-0.4, -0.2) is 40.0 Å². The molecular weight excluding hydrogens is 334 g/mol. The van der Waals surface area contributed by atoms with E-state index in [1.165, 1.54) is 0 Å². The van der Waals surface area contributed by atoms with Crippen LogP contribution in [0, 0.1) is 5.41 Å². The first-order valence-corrected chi connectivity index (χ1v) is 8.05. The van der Waals surface area contributed by atoms with E-state index in [1.807, 2.05) is 4.90 Å². The molecule has 2 heterocycles. The first-order chi connectivity index (χ1) is 9.83. The van der Waals surface area contributed by atoms with E-state index in [1.54, 1.807) is 12.4 Å². The average molecular weight is 356 g/mol. The predicted molar refractivity (Wildman–Crippen MR) is 84.0 cm³/mol. The highest BCUT2D eigenvalue weighted by Gasteiger charge is 2.26. The summed E-state index contributed by atoms with van der Waals surface area (Å²) in [5.74, 6) is 0.237. The standard InChI is InChI=1S/C15H22BrN3O2/c1-15(2,3)8-13(20)19-6-4-12(5-7-19)21-14-17-9-11(16)10-18-14/h9-10,12H,4-8H2,1-3H3. The van der Waals surface area contributed by atoms with Gasteiger partial charge >= 0.3 is 6.01 Å². The summed E-state index contributed by atoms with van der Waals surface area (Å²) in [6.45, 7) is 7.76. The fourth-order valence-electron chi connectivity index (χ4n) is 2.30. The molecule has 0 unspecified atom stereocenters. The van der Waals surface area contributed by atoms with Gasteiger partial charge in [0.15, 0.2) is 0 Å². The van der Waals surface area contributed by atoms with Gasteiger partial charge in [-0.2, -0.15) is 0 Å². The first kappa shape index (κ1) is 16.2. The Balaban J connectivity index is 1.80. The van der Waals surface area contributed by atoms with Crippen molar-refractivity contribution in [3.63, 3.8) is 0 Å². The van der Waals surface area contributed by atoms with E-state index in [0.29, 0.717) is 12.4 Å². The summed E-state index contributed by atoms with van der Waals surface area (Å²) < 4.78 is 6.59. The SMILES string of the molecule is CC(C)(C)CC(=O)N1CCC(Oc2ncc(Br)cn2)CC1. The average Bonchev–Trinajstić information content (AvgIpc) is 2.40. The highest BCUT2D eigenvalue weighted by Crippen LogP contribution is 2.22. The van der Waals surface area contributed by atoms with Crippen LogP contribution in [0.4, 0.5) is 0 Å². The van der Waals surface area contributed by atoms with Crippen LogP contribution in [0.15, 0.2) is 16.9 Å². The second-order valence-electron chi connectivity index (χ2n) is 6.62. The Morgan fingerprint density at radius 2 is 1.90 bits per heavy atom. The topological polar surface area (TPSA) is 55.3 Å². The van der Waals surface area contributed by atoms with Crippen LogP contribution in [0.3, 0.4) is 0 Å². The number of aromatic nitrogens is 2. The number of hydrogen-bond donors (Lipinski definition) is 0. The Labute approximate surface area is 134 Å². The molecule has 0 saturated carbocycles. The maximum Gasteiger partial charge on any atom is 0.316 e. The van der Waals surface area contributed by atoms with Crippen LogP contribution in [0.5, 0.6) is 6.01 Å². The molecule has 1 aliphatic heterocycles. The maximum absolute atomic E-state index is 12.2. The summed E-state index contributed by atoms with van der Waals surface area (Å²) in [6, 6.07) is 0.401. The molecule has 0 aromatic carbocycles. The van der Waals surface area contributed by atoms with E-state index in [9.17, 15) is 4.79 Å². The third kappa shape index (κ3) is 5.26. The van der Waals surface area contributed by atoms with Crippen LogP contribution in [0.25, 0.3) is 0 Å². The number of halogens is 1. The summed E-state index contributed by atoms with van der Waals surface area (Å²) in [7, 11) is 0. The molecule has 21 heavy (non-hydrogen) atoms. The molecule has 2 rings (SSSR count). The molecule has 1 aliphatic rings. The number of rotatable bonds is 3. The summed E-state index contributed by atoms with van der Waals surface area (Å²) in [6.07, 6.45) is 5.68. The molecule has 1 amide bonds. The molecule has 0 aliphatic carbocycles. The van der Waals surface area contributed by atoms with Crippen molar-refractivity contribution in [2.24, 2.45) is 5.41 Å². The summed E-state index contributed by atoms with van der Waals surface area (Å²) in [5, 5.41) is 0. The fourth-order valence-corrected chi connectivity index (χ4v) is 2.50. The minimum absolute atomic E-state index is 0.0374. The van der Waals surface area contributed by atoms with Gasteiger partial charge in [0.25, 0.3) is 0 Å². The summed E-state index contributed by atoms with van der Waals surface area (Å²) >= 11 is 3.29. The molecule has 1 aromatic rings. The number of piperidine rings is 1. The number of ether oxygens (including phenoxy) is 1. The van der Waals surface area contributed by atoms with Crippen LogP contribution in [-0.2, 0) is 4.79 Å². The maximum atomic E-state index is 12.2. The molecule has 1 fully saturated rings. The van der Waals surface area contributed by atoms with Crippen molar-refractivity contribution in [2.45, 2.75) is 46.1 Å². The van der Waals surface area contributed by atoms with E-state index in [4.69, 9.17) is 4.74 Å². The summed E-state index contributed by atoms with van der Waals surface area (Å²) in [5.41, 5.74) is 0.0374. The first-order valence-electron chi connectivity index (χ1n) is 7.25. The molecule has 0 radical (unpaired) electrons. The molecule has 5 nitrogen and oxygen atoms in total. The van der Waals surface area contributed by atoms with E-state index >= 15 is 0 Å². The van der Waals surface area contributed by atoms with Crippen molar-refractivity contribution in [3.05, 3.63) is 16.9 Å². The van der Waals surface area contributed by atoms with Gasteiger partial charge in [-0.05, 0) is 21.3 Å². The van der Waals surface area contributed by atoms with E-state index in [0.717, 1.165) is 30.4 Å². The predicted octanol–water partition coefficient (Wildman–Crippen LogP) is 3.05. The molecule has 0 bridgehead atoms. The minimum atomic E-state index is 0.0374. The molecule has 0 N–H and O–H groups in total. The Morgan fingerprint density at radius 1 is 1.33 bits per heavy atom. The zero-order valence-corrected chi connectivity index (χ0v) is 14.4. The van der Waals surface area contributed by atoms with Gasteiger partial charge in [0.05, 0.1) is 4.47 Å². The lowest BCUT2D eigenvalue weighted by atomic mass is 9.91. The van der Waals surface area contributed by atoms with Gasteiger partial charge in [0, 0.05) is 44.7 Å². The Hall–Kier alpha value is -1.17. The smallest absolute Gasteiger partial charge is 0.316 e. The number of likely N-dealkylation sites (tertiary alicyclic amines) is 1. The van der Waals surface area contributed by atoms with E-state index in [-0.39, 0.29) is 17.4 Å². The molecular formula is C15H22BrN3O2.